The van der Waals surface area contributed by atoms with Crippen molar-refractivity contribution in [1.29, 1.82) is 5.26 Å². The van der Waals surface area contributed by atoms with Crippen LogP contribution in [0, 0.1) is 32.1 Å². The van der Waals surface area contributed by atoms with Gasteiger partial charge in [0.15, 0.2) is 0 Å². The number of hydrogen-bond donors (Lipinski definition) is 3. The third-order valence-corrected chi connectivity index (χ3v) is 7.13. The van der Waals surface area contributed by atoms with E-state index in [1.165, 1.54) is 18.0 Å². The first-order valence-electron chi connectivity index (χ1n) is 11.8. The normalized spacial score (nSPS) is 15.2. The molecule has 0 unspecified atom stereocenters. The van der Waals surface area contributed by atoms with Crippen LogP contribution in [0.1, 0.15) is 35.3 Å². The predicted octanol–water partition coefficient (Wildman–Crippen LogP) is 5.91. The lowest BCUT2D eigenvalue weighted by Gasteiger charge is -2.28. The second-order valence-corrected chi connectivity index (χ2v) is 9.88. The molecule has 0 aliphatic carbocycles. The van der Waals surface area contributed by atoms with Gasteiger partial charge in [0, 0.05) is 17.1 Å². The molecular weight excluding hydrogens is 484 g/mol. The summed E-state index contributed by atoms with van der Waals surface area (Å²) in [5.41, 5.74) is 5.76. The van der Waals surface area contributed by atoms with E-state index in [4.69, 9.17) is 4.42 Å². The Morgan fingerprint density at radius 3 is 2.43 bits per heavy atom. The summed E-state index contributed by atoms with van der Waals surface area (Å²) in [5.74, 6) is -0.669. The molecular formula is C29H28N4O3S. The minimum atomic E-state index is -0.713. The number of benzene rings is 2. The summed E-state index contributed by atoms with van der Waals surface area (Å²) in [6, 6.07) is 19.1. The van der Waals surface area contributed by atoms with Gasteiger partial charge in [-0.15, -0.1) is 0 Å². The van der Waals surface area contributed by atoms with Gasteiger partial charge in [0.2, 0.25) is 5.91 Å². The van der Waals surface area contributed by atoms with Gasteiger partial charge >= 0.3 is 0 Å². The molecule has 1 aliphatic heterocycles. The van der Waals surface area contributed by atoms with E-state index in [9.17, 15) is 14.9 Å². The number of rotatable bonds is 7. The maximum absolute atomic E-state index is 13.5. The number of aryl methyl sites for hydroxylation is 3. The topological polar surface area (TPSA) is 107 Å². The fraction of sp³-hybridized carbons (Fsp3) is 0.207. The lowest BCUT2D eigenvalue weighted by atomic mass is 9.85. The minimum Gasteiger partial charge on any atom is -0.468 e. The molecule has 0 spiro atoms. The number of nitrogens with one attached hydrogen (secondary N) is 3. The Morgan fingerprint density at radius 2 is 1.76 bits per heavy atom. The number of nitrogens with zero attached hydrogens (tertiary/aromatic N) is 1. The van der Waals surface area contributed by atoms with Crippen LogP contribution in [-0.2, 0) is 9.59 Å². The summed E-state index contributed by atoms with van der Waals surface area (Å²) in [4.78, 5) is 26.2. The molecule has 4 rings (SSSR count). The number of amides is 2. The Morgan fingerprint density at radius 1 is 1.00 bits per heavy atom. The number of dihydropyridines is 1. The molecule has 0 saturated heterocycles. The Labute approximate surface area is 220 Å². The first-order chi connectivity index (χ1) is 17.8. The third-order valence-electron chi connectivity index (χ3n) is 6.12. The van der Waals surface area contributed by atoms with Crippen LogP contribution in [0.5, 0.6) is 0 Å². The predicted molar refractivity (Wildman–Crippen MR) is 147 cm³/mol. The number of hydrogen-bond acceptors (Lipinski definition) is 6. The van der Waals surface area contributed by atoms with E-state index in [2.05, 4.69) is 22.0 Å². The highest BCUT2D eigenvalue weighted by Gasteiger charge is 2.36. The quantitative estimate of drug-likeness (QED) is 0.363. The maximum atomic E-state index is 13.5. The van der Waals surface area contributed by atoms with E-state index in [1.54, 1.807) is 19.1 Å². The highest BCUT2D eigenvalue weighted by Crippen LogP contribution is 2.41. The van der Waals surface area contributed by atoms with Crippen molar-refractivity contribution in [3.63, 3.8) is 0 Å². The summed E-state index contributed by atoms with van der Waals surface area (Å²) in [7, 11) is 0. The van der Waals surface area contributed by atoms with Gasteiger partial charge in [-0.05, 0) is 63.1 Å². The molecule has 8 heteroatoms. The van der Waals surface area contributed by atoms with Crippen LogP contribution in [0.25, 0.3) is 0 Å². The monoisotopic (exact) mass is 512 g/mol. The molecule has 188 valence electrons. The maximum Gasteiger partial charge on any atom is 0.254 e. The summed E-state index contributed by atoms with van der Waals surface area (Å²) in [6.45, 7) is 7.64. The summed E-state index contributed by atoms with van der Waals surface area (Å²) >= 11 is 1.22. The largest absolute Gasteiger partial charge is 0.468 e. The molecule has 7 nitrogen and oxygen atoms in total. The van der Waals surface area contributed by atoms with Crippen molar-refractivity contribution < 1.29 is 14.0 Å². The van der Waals surface area contributed by atoms with Crippen molar-refractivity contribution in [2.45, 2.75) is 33.6 Å². The third kappa shape index (κ3) is 5.79. The van der Waals surface area contributed by atoms with Crippen molar-refractivity contribution in [3.05, 3.63) is 105 Å². The van der Waals surface area contributed by atoms with Crippen LogP contribution in [0.3, 0.4) is 0 Å². The molecule has 1 atom stereocenters. The summed E-state index contributed by atoms with van der Waals surface area (Å²) in [5, 5.41) is 19.8. The number of anilines is 2. The summed E-state index contributed by atoms with van der Waals surface area (Å²) in [6.07, 6.45) is 1.52. The SMILES string of the molecule is CC1=C(C(=O)Nc2ccccc2C)[C@@H](c2ccco2)C(C#N)=C(SCC(=O)Nc2ccc(C)cc2C)N1. The molecule has 2 heterocycles. The zero-order valence-electron chi connectivity index (χ0n) is 21.1. The molecule has 2 aromatic carbocycles. The van der Waals surface area contributed by atoms with E-state index in [0.717, 1.165) is 22.4 Å². The number of carbonyl (C=O) groups is 2. The molecule has 1 aliphatic rings. The van der Waals surface area contributed by atoms with E-state index < -0.39 is 5.92 Å². The molecule has 0 radical (unpaired) electrons. The molecule has 0 bridgehead atoms. The first kappa shape index (κ1) is 25.9. The zero-order chi connectivity index (χ0) is 26.5. The van der Waals surface area contributed by atoms with Crippen LogP contribution in [0.15, 0.2) is 87.1 Å². The number of furan rings is 1. The molecule has 1 aromatic heterocycles. The highest BCUT2D eigenvalue weighted by atomic mass is 32.2. The average molecular weight is 513 g/mol. The lowest BCUT2D eigenvalue weighted by molar-refractivity contribution is -0.114. The molecule has 3 N–H and O–H groups in total. The van der Waals surface area contributed by atoms with Crippen molar-refractivity contribution in [2.75, 3.05) is 16.4 Å². The van der Waals surface area contributed by atoms with Crippen molar-refractivity contribution in [3.8, 4) is 6.07 Å². The fourth-order valence-corrected chi connectivity index (χ4v) is 5.14. The molecule has 2 amide bonds. The Kier molecular flexibility index (Phi) is 7.85. The van der Waals surface area contributed by atoms with E-state index in [1.807, 2.05) is 63.2 Å². The molecule has 3 aromatic rings. The van der Waals surface area contributed by atoms with E-state index in [0.29, 0.717) is 33.3 Å². The van der Waals surface area contributed by atoms with Crippen LogP contribution in [0.2, 0.25) is 0 Å². The van der Waals surface area contributed by atoms with E-state index >= 15 is 0 Å². The zero-order valence-corrected chi connectivity index (χ0v) is 22.0. The van der Waals surface area contributed by atoms with Gasteiger partial charge in [-0.25, -0.2) is 0 Å². The molecule has 37 heavy (non-hydrogen) atoms. The van der Waals surface area contributed by atoms with Crippen LogP contribution >= 0.6 is 11.8 Å². The van der Waals surface area contributed by atoms with Crippen LogP contribution in [0.4, 0.5) is 11.4 Å². The van der Waals surface area contributed by atoms with Gasteiger partial charge in [0.1, 0.15) is 5.76 Å². The molecule has 0 saturated carbocycles. The van der Waals surface area contributed by atoms with Crippen molar-refractivity contribution in [2.24, 2.45) is 0 Å². The van der Waals surface area contributed by atoms with Gasteiger partial charge in [-0.1, -0.05) is 47.7 Å². The van der Waals surface area contributed by atoms with Gasteiger partial charge in [0.05, 0.1) is 40.2 Å². The second-order valence-electron chi connectivity index (χ2n) is 8.89. The lowest BCUT2D eigenvalue weighted by Crippen LogP contribution is -2.31. The van der Waals surface area contributed by atoms with Crippen LogP contribution in [-0.4, -0.2) is 17.6 Å². The highest BCUT2D eigenvalue weighted by molar-refractivity contribution is 8.03. The fourth-order valence-electron chi connectivity index (χ4n) is 4.25. The number of nitriles is 1. The van der Waals surface area contributed by atoms with Gasteiger partial charge in [-0.2, -0.15) is 5.26 Å². The van der Waals surface area contributed by atoms with E-state index in [-0.39, 0.29) is 17.6 Å². The van der Waals surface area contributed by atoms with Gasteiger partial charge in [-0.3, -0.25) is 9.59 Å². The van der Waals surface area contributed by atoms with Gasteiger partial charge < -0.3 is 20.4 Å². The van der Waals surface area contributed by atoms with Gasteiger partial charge in [0.25, 0.3) is 5.91 Å². The van der Waals surface area contributed by atoms with Crippen molar-refractivity contribution in [1.82, 2.24) is 5.32 Å². The Bertz CT molecular complexity index is 1450. The van der Waals surface area contributed by atoms with Crippen LogP contribution < -0.4 is 16.0 Å². The second kappa shape index (κ2) is 11.2. The Balaban J connectivity index is 1.59. The number of para-hydroxylation sites is 1. The first-order valence-corrected chi connectivity index (χ1v) is 12.8. The number of allylic oxidation sites excluding steroid dienone is 2. The summed E-state index contributed by atoms with van der Waals surface area (Å²) < 4.78 is 5.67. The van der Waals surface area contributed by atoms with Crippen molar-refractivity contribution >= 4 is 35.0 Å². The average Bonchev–Trinajstić information content (AvgIpc) is 3.40. The Hall–Kier alpha value is -4.22. The number of carbonyl (C=O) groups excluding carboxylic acids is 2. The number of thioether (sulfide) groups is 1. The molecule has 0 fully saturated rings. The minimum absolute atomic E-state index is 0.0870. The smallest absolute Gasteiger partial charge is 0.254 e. The standard InChI is InChI=1S/C29H28N4O3S/c1-17-11-12-23(19(3)14-17)32-25(34)16-37-29-21(15-30)27(24-10-7-13-36-24)26(20(4)31-29)28(35)33-22-9-6-5-8-18(22)2/h5-14,27,31H,16H2,1-4H3,(H,32,34)(H,33,35)/t27-/m1/s1.